The molecule has 0 aliphatic carbocycles. The molecular formula is C27H16N4O. The van der Waals surface area contributed by atoms with Crippen LogP contribution in [0.25, 0.3) is 50.5 Å². The van der Waals surface area contributed by atoms with E-state index in [2.05, 4.69) is 16.7 Å². The molecule has 2 aromatic heterocycles. The van der Waals surface area contributed by atoms with Gasteiger partial charge in [0.05, 0.1) is 22.2 Å². The summed E-state index contributed by atoms with van der Waals surface area (Å²) in [6.45, 7) is 0. The fourth-order valence-electron chi connectivity index (χ4n) is 4.37. The molecule has 0 unspecified atom stereocenters. The lowest BCUT2D eigenvalue weighted by Gasteiger charge is -2.21. The minimum atomic E-state index is 0.744. The molecule has 0 N–H and O–H groups in total. The number of nitrogens with zero attached hydrogens (tertiary/aromatic N) is 4. The second kappa shape index (κ2) is 6.49. The predicted molar refractivity (Wildman–Crippen MR) is 125 cm³/mol. The summed E-state index contributed by atoms with van der Waals surface area (Å²) in [6.07, 6.45) is 0. The van der Waals surface area contributed by atoms with Gasteiger partial charge in [-0.3, -0.25) is 4.57 Å². The zero-order chi connectivity index (χ0) is 21.1. The number of ether oxygens (including phenoxy) is 1. The van der Waals surface area contributed by atoms with Crippen molar-refractivity contribution in [1.82, 2.24) is 19.5 Å². The average molecular weight is 412 g/mol. The molecule has 0 bridgehead atoms. The Bertz CT molecular complexity index is 1650. The van der Waals surface area contributed by atoms with Crippen LogP contribution in [0.1, 0.15) is 0 Å². The van der Waals surface area contributed by atoms with E-state index in [-0.39, 0.29) is 0 Å². The van der Waals surface area contributed by atoms with Crippen molar-refractivity contribution < 1.29 is 4.74 Å². The summed E-state index contributed by atoms with van der Waals surface area (Å²) in [5, 5.41) is 0. The van der Waals surface area contributed by atoms with Crippen molar-refractivity contribution in [3.05, 3.63) is 97.1 Å². The highest BCUT2D eigenvalue weighted by Crippen LogP contribution is 2.44. The molecule has 0 saturated carbocycles. The molecule has 0 saturated heterocycles. The van der Waals surface area contributed by atoms with Crippen LogP contribution >= 0.6 is 0 Å². The maximum Gasteiger partial charge on any atom is 0.166 e. The van der Waals surface area contributed by atoms with Crippen LogP contribution in [0.5, 0.6) is 11.5 Å². The van der Waals surface area contributed by atoms with E-state index in [0.717, 1.165) is 62.0 Å². The maximum atomic E-state index is 6.19. The quantitative estimate of drug-likeness (QED) is 0.329. The van der Waals surface area contributed by atoms with Gasteiger partial charge in [0.2, 0.25) is 0 Å². The second-order valence-electron chi connectivity index (χ2n) is 7.74. The molecule has 1 aliphatic heterocycles. The first-order valence-corrected chi connectivity index (χ1v) is 10.5. The van der Waals surface area contributed by atoms with Crippen LogP contribution in [-0.2, 0) is 0 Å². The third kappa shape index (κ3) is 2.42. The highest BCUT2D eigenvalue weighted by molar-refractivity contribution is 5.93. The van der Waals surface area contributed by atoms with Gasteiger partial charge in [0, 0.05) is 5.56 Å². The molecule has 0 spiro atoms. The molecule has 0 fully saturated rings. The summed E-state index contributed by atoms with van der Waals surface area (Å²) in [7, 11) is 0. The van der Waals surface area contributed by atoms with E-state index in [4.69, 9.17) is 19.7 Å². The predicted octanol–water partition coefficient (Wildman–Crippen LogP) is 6.41. The van der Waals surface area contributed by atoms with Crippen molar-refractivity contribution in [2.45, 2.75) is 0 Å². The van der Waals surface area contributed by atoms with Crippen LogP contribution in [0.3, 0.4) is 0 Å². The summed E-state index contributed by atoms with van der Waals surface area (Å²) in [5.74, 6) is 2.33. The van der Waals surface area contributed by atoms with Gasteiger partial charge in [-0.15, -0.1) is 0 Å². The van der Waals surface area contributed by atoms with Crippen molar-refractivity contribution in [2.75, 3.05) is 0 Å². The Hall–Kier alpha value is -4.51. The van der Waals surface area contributed by atoms with Gasteiger partial charge < -0.3 is 4.74 Å². The summed E-state index contributed by atoms with van der Waals surface area (Å²) < 4.78 is 8.33. The smallest absolute Gasteiger partial charge is 0.166 e. The zero-order valence-electron chi connectivity index (χ0n) is 16.9. The second-order valence-corrected chi connectivity index (χ2v) is 7.74. The number of imidazole rings is 1. The minimum Gasteiger partial charge on any atom is -0.453 e. The Morgan fingerprint density at radius 1 is 0.531 bits per heavy atom. The molecule has 0 radical (unpaired) electrons. The van der Waals surface area contributed by atoms with Gasteiger partial charge in [-0.1, -0.05) is 60.7 Å². The summed E-state index contributed by atoms with van der Waals surface area (Å²) in [5.41, 5.74) is 6.99. The monoisotopic (exact) mass is 412 g/mol. The van der Waals surface area contributed by atoms with Crippen LogP contribution in [0.15, 0.2) is 97.1 Å². The average Bonchev–Trinajstić information content (AvgIpc) is 3.25. The summed E-state index contributed by atoms with van der Waals surface area (Å²) in [6, 6.07) is 32.1. The standard InChI is InChI=1S/C27H16N4O/c1-2-9-17(10-3-1)24-25(29-19-12-5-4-11-18(19)28-24)27-30-20-13-8-16-23-26(20)31(27)21-14-6-7-15-22(21)32-23/h1-16H. The van der Waals surface area contributed by atoms with Crippen molar-refractivity contribution in [1.29, 1.82) is 0 Å². The van der Waals surface area contributed by atoms with E-state index in [0.29, 0.717) is 0 Å². The van der Waals surface area contributed by atoms with Gasteiger partial charge in [-0.05, 0) is 36.4 Å². The number of fused-ring (bicyclic) bond motifs is 3. The number of hydrogen-bond acceptors (Lipinski definition) is 4. The number of hydrogen-bond donors (Lipinski definition) is 0. The lowest BCUT2D eigenvalue weighted by Crippen LogP contribution is -2.07. The zero-order valence-corrected chi connectivity index (χ0v) is 16.9. The Morgan fingerprint density at radius 2 is 1.19 bits per heavy atom. The van der Waals surface area contributed by atoms with Crippen LogP contribution in [-0.4, -0.2) is 19.5 Å². The molecular weight excluding hydrogens is 396 g/mol. The molecule has 0 atom stereocenters. The number of benzene rings is 4. The largest absolute Gasteiger partial charge is 0.453 e. The number of aromatic nitrogens is 4. The molecule has 5 nitrogen and oxygen atoms in total. The SMILES string of the molecule is c1ccc(-c2nc3ccccc3nc2-c2nc3cccc4c3n2-c2ccccc2O4)cc1. The first kappa shape index (κ1) is 17.2. The van der Waals surface area contributed by atoms with Crippen LogP contribution in [0, 0.1) is 0 Å². The molecule has 1 aliphatic rings. The third-order valence-electron chi connectivity index (χ3n) is 5.80. The van der Waals surface area contributed by atoms with E-state index in [9.17, 15) is 0 Å². The Balaban J connectivity index is 1.63. The molecule has 7 rings (SSSR count). The Kier molecular flexibility index (Phi) is 3.49. The Labute approximate surface area is 183 Å². The highest BCUT2D eigenvalue weighted by atomic mass is 16.5. The molecule has 150 valence electrons. The van der Waals surface area contributed by atoms with Crippen molar-refractivity contribution >= 4 is 22.1 Å². The third-order valence-corrected chi connectivity index (χ3v) is 5.80. The van der Waals surface area contributed by atoms with Crippen molar-refractivity contribution in [3.8, 4) is 40.0 Å². The van der Waals surface area contributed by atoms with Gasteiger partial charge in [-0.25, -0.2) is 15.0 Å². The molecule has 5 heteroatoms. The van der Waals surface area contributed by atoms with Crippen molar-refractivity contribution in [3.63, 3.8) is 0 Å². The molecule has 32 heavy (non-hydrogen) atoms. The first-order valence-electron chi connectivity index (χ1n) is 10.5. The molecule has 6 aromatic rings. The maximum absolute atomic E-state index is 6.19. The van der Waals surface area contributed by atoms with E-state index < -0.39 is 0 Å². The van der Waals surface area contributed by atoms with Gasteiger partial charge in [-0.2, -0.15) is 0 Å². The lowest BCUT2D eigenvalue weighted by molar-refractivity contribution is 0.476. The number of rotatable bonds is 2. The molecule has 4 aromatic carbocycles. The molecule has 3 heterocycles. The van der Waals surface area contributed by atoms with Crippen LogP contribution < -0.4 is 4.74 Å². The first-order chi connectivity index (χ1) is 15.9. The summed E-state index contributed by atoms with van der Waals surface area (Å²) >= 11 is 0. The van der Waals surface area contributed by atoms with E-state index in [1.165, 1.54) is 0 Å². The fraction of sp³-hybridized carbons (Fsp3) is 0. The van der Waals surface area contributed by atoms with Crippen LogP contribution in [0.2, 0.25) is 0 Å². The van der Waals surface area contributed by atoms with E-state index in [1.807, 2.05) is 84.9 Å². The van der Waals surface area contributed by atoms with Gasteiger partial charge in [0.1, 0.15) is 16.9 Å². The van der Waals surface area contributed by atoms with E-state index >= 15 is 0 Å². The Morgan fingerprint density at radius 3 is 2.03 bits per heavy atom. The van der Waals surface area contributed by atoms with Gasteiger partial charge in [0.25, 0.3) is 0 Å². The highest BCUT2D eigenvalue weighted by Gasteiger charge is 2.27. The molecule has 0 amide bonds. The summed E-state index contributed by atoms with van der Waals surface area (Å²) in [4.78, 5) is 15.1. The lowest BCUT2D eigenvalue weighted by atomic mass is 10.1. The van der Waals surface area contributed by atoms with Crippen LogP contribution in [0.4, 0.5) is 0 Å². The van der Waals surface area contributed by atoms with Gasteiger partial charge in [0.15, 0.2) is 17.3 Å². The minimum absolute atomic E-state index is 0.744. The fourth-order valence-corrected chi connectivity index (χ4v) is 4.37. The normalized spacial score (nSPS) is 12.0. The number of para-hydroxylation sites is 5. The van der Waals surface area contributed by atoms with Crippen molar-refractivity contribution in [2.24, 2.45) is 0 Å². The van der Waals surface area contributed by atoms with Gasteiger partial charge >= 0.3 is 0 Å². The topological polar surface area (TPSA) is 52.8 Å². The van der Waals surface area contributed by atoms with E-state index in [1.54, 1.807) is 0 Å².